The first kappa shape index (κ1) is 9.42. The number of halogens is 2. The van der Waals surface area contributed by atoms with E-state index in [4.69, 9.17) is 10.4 Å². The van der Waals surface area contributed by atoms with E-state index in [1.54, 1.807) is 6.07 Å². The van der Waals surface area contributed by atoms with Crippen LogP contribution in [0.15, 0.2) is 12.1 Å². The van der Waals surface area contributed by atoms with Crippen LogP contribution >= 0.6 is 22.6 Å². The van der Waals surface area contributed by atoms with Gasteiger partial charge in [0.05, 0.1) is 12.2 Å². The fraction of sp³-hybridized carbons (Fsp3) is 0.125. The lowest BCUT2D eigenvalue weighted by atomic mass is 10.1. The summed E-state index contributed by atoms with van der Waals surface area (Å²) in [5.41, 5.74) is 0.143. The van der Waals surface area contributed by atoms with Crippen molar-refractivity contribution in [3.05, 3.63) is 32.6 Å². The molecule has 0 aliphatic heterocycles. The van der Waals surface area contributed by atoms with Gasteiger partial charge in [-0.05, 0) is 34.7 Å². The molecular formula is C8H5FINO. The Bertz CT molecular complexity index is 346. The van der Waals surface area contributed by atoms with Crippen molar-refractivity contribution in [2.75, 3.05) is 0 Å². The average Bonchev–Trinajstić information content (AvgIpc) is 2.08. The van der Waals surface area contributed by atoms with E-state index in [1.807, 2.05) is 22.6 Å². The van der Waals surface area contributed by atoms with Crippen LogP contribution in [0.2, 0.25) is 0 Å². The van der Waals surface area contributed by atoms with Gasteiger partial charge in [-0.2, -0.15) is 5.26 Å². The Hall–Kier alpha value is -0.670. The van der Waals surface area contributed by atoms with Gasteiger partial charge >= 0.3 is 0 Å². The molecule has 62 valence electrons. The molecule has 4 heteroatoms. The van der Waals surface area contributed by atoms with Crippen LogP contribution in [-0.4, -0.2) is 5.11 Å². The number of nitriles is 1. The van der Waals surface area contributed by atoms with E-state index in [2.05, 4.69) is 0 Å². The van der Waals surface area contributed by atoms with Crippen molar-refractivity contribution < 1.29 is 9.50 Å². The maximum absolute atomic E-state index is 13.1. The van der Waals surface area contributed by atoms with Crippen molar-refractivity contribution in [2.24, 2.45) is 0 Å². The van der Waals surface area contributed by atoms with Gasteiger partial charge in [-0.15, -0.1) is 0 Å². The Morgan fingerprint density at radius 1 is 1.58 bits per heavy atom. The first-order valence-corrected chi connectivity index (χ1v) is 4.25. The molecule has 12 heavy (non-hydrogen) atoms. The van der Waals surface area contributed by atoms with Crippen molar-refractivity contribution in [1.82, 2.24) is 0 Å². The summed E-state index contributed by atoms with van der Waals surface area (Å²) in [4.78, 5) is 0. The summed E-state index contributed by atoms with van der Waals surface area (Å²) < 4.78 is 13.8. The summed E-state index contributed by atoms with van der Waals surface area (Å²) in [6.07, 6.45) is 0. The van der Waals surface area contributed by atoms with Crippen LogP contribution in [0.25, 0.3) is 0 Å². The van der Waals surface area contributed by atoms with Crippen molar-refractivity contribution in [3.8, 4) is 6.07 Å². The minimum absolute atomic E-state index is 0.0223. The third kappa shape index (κ3) is 1.73. The van der Waals surface area contributed by atoms with Crippen molar-refractivity contribution in [1.29, 1.82) is 5.26 Å². The van der Waals surface area contributed by atoms with E-state index in [-0.39, 0.29) is 17.7 Å². The van der Waals surface area contributed by atoms with Gasteiger partial charge in [0.15, 0.2) is 0 Å². The zero-order chi connectivity index (χ0) is 9.14. The predicted octanol–water partition coefficient (Wildman–Crippen LogP) is 1.79. The molecule has 0 saturated heterocycles. The number of hydrogen-bond acceptors (Lipinski definition) is 2. The predicted molar refractivity (Wildman–Crippen MR) is 49.8 cm³/mol. The van der Waals surface area contributed by atoms with Crippen molar-refractivity contribution in [2.45, 2.75) is 6.61 Å². The lowest BCUT2D eigenvalue weighted by molar-refractivity contribution is 0.275. The molecule has 0 radical (unpaired) electrons. The van der Waals surface area contributed by atoms with E-state index in [9.17, 15) is 4.39 Å². The molecule has 0 fully saturated rings. The number of aliphatic hydroxyl groups excluding tert-OH is 1. The Morgan fingerprint density at radius 3 is 2.75 bits per heavy atom. The monoisotopic (exact) mass is 277 g/mol. The van der Waals surface area contributed by atoms with Crippen molar-refractivity contribution >= 4 is 22.6 Å². The van der Waals surface area contributed by atoms with Gasteiger partial charge in [0.1, 0.15) is 11.9 Å². The maximum Gasteiger partial charge on any atom is 0.146 e. The number of hydrogen-bond donors (Lipinski definition) is 1. The Balaban J connectivity index is 3.34. The summed E-state index contributed by atoms with van der Waals surface area (Å²) in [6.45, 7) is -0.378. The van der Waals surface area contributed by atoms with Gasteiger partial charge in [-0.1, -0.05) is 0 Å². The van der Waals surface area contributed by atoms with Gasteiger partial charge in [0, 0.05) is 9.13 Å². The first-order valence-electron chi connectivity index (χ1n) is 3.18. The minimum atomic E-state index is -0.625. The number of aliphatic hydroxyl groups is 1. The molecule has 0 atom stereocenters. The van der Waals surface area contributed by atoms with Crippen LogP contribution < -0.4 is 0 Å². The van der Waals surface area contributed by atoms with E-state index < -0.39 is 5.82 Å². The van der Waals surface area contributed by atoms with E-state index in [1.165, 1.54) is 12.1 Å². The van der Waals surface area contributed by atoms with Crippen LogP contribution in [0.3, 0.4) is 0 Å². The van der Waals surface area contributed by atoms with Crippen LogP contribution in [0.5, 0.6) is 0 Å². The summed E-state index contributed by atoms with van der Waals surface area (Å²) in [5.74, 6) is -0.625. The average molecular weight is 277 g/mol. The Morgan fingerprint density at radius 2 is 2.25 bits per heavy atom. The third-order valence-corrected chi connectivity index (χ3v) is 2.03. The zero-order valence-electron chi connectivity index (χ0n) is 6.01. The lowest BCUT2D eigenvalue weighted by Gasteiger charge is -2.01. The lowest BCUT2D eigenvalue weighted by Crippen LogP contribution is -1.94. The smallest absolute Gasteiger partial charge is 0.146 e. The molecular weight excluding hydrogens is 272 g/mol. The molecule has 0 saturated carbocycles. The highest BCUT2D eigenvalue weighted by Crippen LogP contribution is 2.16. The summed E-state index contributed by atoms with van der Waals surface area (Å²) in [7, 11) is 0. The molecule has 0 amide bonds. The molecule has 0 spiro atoms. The molecule has 0 aliphatic carbocycles. The van der Waals surface area contributed by atoms with E-state index in [0.717, 1.165) is 3.57 Å². The molecule has 1 N–H and O–H groups in total. The van der Waals surface area contributed by atoms with E-state index >= 15 is 0 Å². The SMILES string of the molecule is N#Cc1cc(I)cc(CO)c1F. The Labute approximate surface area is 82.8 Å². The van der Waals surface area contributed by atoms with Gasteiger partial charge < -0.3 is 5.11 Å². The zero-order valence-corrected chi connectivity index (χ0v) is 8.17. The summed E-state index contributed by atoms with van der Waals surface area (Å²) in [5, 5.41) is 17.2. The molecule has 0 heterocycles. The summed E-state index contributed by atoms with van der Waals surface area (Å²) >= 11 is 1.97. The normalized spacial score (nSPS) is 9.50. The molecule has 0 bridgehead atoms. The van der Waals surface area contributed by atoms with Crippen molar-refractivity contribution in [3.63, 3.8) is 0 Å². The fourth-order valence-electron chi connectivity index (χ4n) is 0.842. The quantitative estimate of drug-likeness (QED) is 0.795. The largest absolute Gasteiger partial charge is 0.392 e. The second-order valence-electron chi connectivity index (χ2n) is 2.20. The van der Waals surface area contributed by atoms with Gasteiger partial charge in [0.2, 0.25) is 0 Å². The van der Waals surface area contributed by atoms with Crippen LogP contribution in [0.4, 0.5) is 4.39 Å². The molecule has 0 unspecified atom stereocenters. The van der Waals surface area contributed by atoms with E-state index in [0.29, 0.717) is 0 Å². The second kappa shape index (κ2) is 3.83. The standard InChI is InChI=1S/C8H5FINO/c9-8-5(3-11)1-7(10)2-6(8)4-12/h1-2,12H,4H2. The minimum Gasteiger partial charge on any atom is -0.392 e. The highest BCUT2D eigenvalue weighted by molar-refractivity contribution is 14.1. The molecule has 2 nitrogen and oxygen atoms in total. The topological polar surface area (TPSA) is 44.0 Å². The summed E-state index contributed by atoms with van der Waals surface area (Å²) in [6, 6.07) is 4.67. The van der Waals surface area contributed by atoms with Gasteiger partial charge in [0.25, 0.3) is 0 Å². The first-order chi connectivity index (χ1) is 5.69. The van der Waals surface area contributed by atoms with Crippen LogP contribution in [-0.2, 0) is 6.61 Å². The molecule has 1 rings (SSSR count). The number of rotatable bonds is 1. The maximum atomic E-state index is 13.1. The highest BCUT2D eigenvalue weighted by atomic mass is 127. The molecule has 1 aromatic rings. The number of nitrogens with zero attached hydrogens (tertiary/aromatic N) is 1. The Kier molecular flexibility index (Phi) is 3.00. The van der Waals surface area contributed by atoms with Gasteiger partial charge in [-0.25, -0.2) is 4.39 Å². The second-order valence-corrected chi connectivity index (χ2v) is 3.44. The molecule has 0 aliphatic rings. The third-order valence-electron chi connectivity index (χ3n) is 1.40. The van der Waals surface area contributed by atoms with Gasteiger partial charge in [-0.3, -0.25) is 0 Å². The number of benzene rings is 1. The fourth-order valence-corrected chi connectivity index (χ4v) is 1.53. The highest BCUT2D eigenvalue weighted by Gasteiger charge is 2.08. The van der Waals surface area contributed by atoms with Crippen LogP contribution in [0, 0.1) is 20.7 Å². The molecule has 0 aromatic heterocycles. The molecule has 1 aromatic carbocycles. The van der Waals surface area contributed by atoms with Crippen LogP contribution in [0.1, 0.15) is 11.1 Å².